The van der Waals surface area contributed by atoms with Gasteiger partial charge in [-0.1, -0.05) is 60.7 Å². The minimum Gasteiger partial charge on any atom is -0.392 e. The maximum atomic E-state index is 12.8. The van der Waals surface area contributed by atoms with E-state index in [0.29, 0.717) is 54.5 Å². The van der Waals surface area contributed by atoms with E-state index >= 15 is 0 Å². The summed E-state index contributed by atoms with van der Waals surface area (Å²) in [6.45, 7) is 3.22. The van der Waals surface area contributed by atoms with Crippen LogP contribution in [0.5, 0.6) is 0 Å². The third kappa shape index (κ3) is 6.91. The predicted molar refractivity (Wildman–Crippen MR) is 195 cm³/mol. The minimum atomic E-state index is -1.12. The summed E-state index contributed by atoms with van der Waals surface area (Å²) in [5, 5.41) is 49.5. The van der Waals surface area contributed by atoms with Gasteiger partial charge in [-0.05, 0) is 36.9 Å². The second-order valence-electron chi connectivity index (χ2n) is 14.0. The minimum absolute atomic E-state index is 0.0253. The average molecular weight is 708 g/mol. The maximum absolute atomic E-state index is 12.8. The van der Waals surface area contributed by atoms with Crippen LogP contribution in [0.1, 0.15) is 54.0 Å². The number of nitrogens with one attached hydrogen (secondary N) is 4. The Kier molecular flexibility index (Phi) is 9.73. The SMILES string of the molecule is O=C(NC1CCNC1)N[C@@H]1CCN(c2nc(NCC(c3ccccc3)c3ccccc3)c3ncn([C@@H]4C[C@H](n5cc(CO)cn5)[C@@H](O)[C@H]4O)c3n2)C1. The fraction of sp³-hybridized carbons (Fsp3) is 0.432. The lowest BCUT2D eigenvalue weighted by Crippen LogP contribution is -2.47. The molecule has 1 saturated carbocycles. The van der Waals surface area contributed by atoms with Crippen LogP contribution in [0.2, 0.25) is 0 Å². The van der Waals surface area contributed by atoms with Crippen LogP contribution < -0.4 is 26.2 Å². The van der Waals surface area contributed by atoms with Crippen LogP contribution in [-0.2, 0) is 6.61 Å². The van der Waals surface area contributed by atoms with Crippen LogP contribution in [0.4, 0.5) is 16.6 Å². The van der Waals surface area contributed by atoms with E-state index in [1.165, 1.54) is 0 Å². The second kappa shape index (κ2) is 14.9. The van der Waals surface area contributed by atoms with E-state index in [1.807, 2.05) is 41.0 Å². The number of imidazole rings is 1. The van der Waals surface area contributed by atoms with Crippen molar-refractivity contribution in [3.05, 3.63) is 96.1 Å². The Morgan fingerprint density at radius 2 is 1.67 bits per heavy atom. The number of carbonyl (C=O) groups excluding carboxylic acids is 1. The van der Waals surface area contributed by atoms with E-state index in [4.69, 9.17) is 15.0 Å². The van der Waals surface area contributed by atoms with Gasteiger partial charge >= 0.3 is 6.03 Å². The standard InChI is InChI=1S/C37H45N11O4/c49-21-23-16-41-48(19-23)30-15-29(32(50)33(30)51)47-22-40-31-34(39-18-28(24-7-3-1-4-8-24)25-9-5-2-6-10-25)44-36(45-35(31)47)46-14-12-27(20-46)43-37(52)42-26-11-13-38-17-26/h1-10,16,19,22,26-30,32-33,38,49-51H,11-15,17-18,20-21H2,(H,39,44,45)(H2,42,43,52)/t26?,27-,29-,30+,32+,33-/m1/s1. The second-order valence-corrected chi connectivity index (χ2v) is 14.0. The first-order valence-electron chi connectivity index (χ1n) is 18.1. The zero-order valence-corrected chi connectivity index (χ0v) is 28.8. The summed E-state index contributed by atoms with van der Waals surface area (Å²) in [6.07, 6.45) is 4.71. The number of hydrogen-bond acceptors (Lipinski definition) is 11. The molecule has 5 aromatic rings. The summed E-state index contributed by atoms with van der Waals surface area (Å²) in [5.74, 6) is 1.07. The first-order valence-corrected chi connectivity index (χ1v) is 18.1. The molecule has 2 aliphatic heterocycles. The van der Waals surface area contributed by atoms with Gasteiger partial charge in [-0.15, -0.1) is 0 Å². The van der Waals surface area contributed by atoms with Gasteiger partial charge in [0.05, 0.1) is 31.2 Å². The smallest absolute Gasteiger partial charge is 0.315 e. The lowest BCUT2D eigenvalue weighted by molar-refractivity contribution is 0.00720. The monoisotopic (exact) mass is 707 g/mol. The van der Waals surface area contributed by atoms with Crippen molar-refractivity contribution < 1.29 is 20.1 Å². The Balaban J connectivity index is 1.10. The third-order valence-electron chi connectivity index (χ3n) is 10.6. The summed E-state index contributed by atoms with van der Waals surface area (Å²) in [4.78, 5) is 29.7. The zero-order chi connectivity index (χ0) is 35.6. The number of anilines is 2. The number of hydrogen-bond donors (Lipinski definition) is 7. The number of aromatic nitrogens is 6. The van der Waals surface area contributed by atoms with E-state index in [2.05, 4.69) is 55.5 Å². The Morgan fingerprint density at radius 3 is 2.37 bits per heavy atom. The molecule has 2 saturated heterocycles. The Labute approximate surface area is 301 Å². The van der Waals surface area contributed by atoms with E-state index in [9.17, 15) is 20.1 Å². The molecule has 2 amide bonds. The normalized spacial score (nSPS) is 24.6. The van der Waals surface area contributed by atoms with Crippen molar-refractivity contribution >= 4 is 29.0 Å². The van der Waals surface area contributed by atoms with Gasteiger partial charge in [0.15, 0.2) is 17.0 Å². The predicted octanol–water partition coefficient (Wildman–Crippen LogP) is 1.91. The highest BCUT2D eigenvalue weighted by Gasteiger charge is 2.44. The molecule has 2 aromatic carbocycles. The quantitative estimate of drug-likeness (QED) is 0.106. The molecule has 8 rings (SSSR count). The molecule has 15 nitrogen and oxygen atoms in total. The molecule has 1 unspecified atom stereocenters. The summed E-state index contributed by atoms with van der Waals surface area (Å²) < 4.78 is 3.44. The molecule has 272 valence electrons. The van der Waals surface area contributed by atoms with Crippen LogP contribution in [0.3, 0.4) is 0 Å². The topological polar surface area (TPSA) is 191 Å². The summed E-state index contributed by atoms with van der Waals surface area (Å²) >= 11 is 0. The molecular formula is C37H45N11O4. The molecule has 0 radical (unpaired) electrons. The number of fused-ring (bicyclic) bond motifs is 1. The molecule has 0 bridgehead atoms. The van der Waals surface area contributed by atoms with Crippen LogP contribution in [0.25, 0.3) is 11.2 Å². The number of benzene rings is 2. The molecule has 52 heavy (non-hydrogen) atoms. The molecule has 5 heterocycles. The summed E-state index contributed by atoms with van der Waals surface area (Å²) in [7, 11) is 0. The molecule has 1 aliphatic carbocycles. The highest BCUT2D eigenvalue weighted by atomic mass is 16.3. The number of rotatable bonds is 11. The van der Waals surface area contributed by atoms with Crippen molar-refractivity contribution in [2.24, 2.45) is 0 Å². The fourth-order valence-electron chi connectivity index (χ4n) is 7.82. The molecule has 3 fully saturated rings. The summed E-state index contributed by atoms with van der Waals surface area (Å²) in [5.41, 5.74) is 4.03. The van der Waals surface area contributed by atoms with E-state index < -0.39 is 24.3 Å². The van der Waals surface area contributed by atoms with Gasteiger partial charge in [-0.2, -0.15) is 15.1 Å². The zero-order valence-electron chi connectivity index (χ0n) is 28.8. The van der Waals surface area contributed by atoms with Gasteiger partial charge in [-0.3, -0.25) is 4.68 Å². The lowest BCUT2D eigenvalue weighted by Gasteiger charge is -2.22. The molecule has 0 spiro atoms. The molecular weight excluding hydrogens is 662 g/mol. The number of amides is 2. The molecule has 6 atom stereocenters. The van der Waals surface area contributed by atoms with E-state index in [0.717, 1.165) is 37.1 Å². The van der Waals surface area contributed by atoms with Crippen LogP contribution in [0, 0.1) is 0 Å². The Bertz CT molecular complexity index is 1930. The molecule has 15 heteroatoms. The van der Waals surface area contributed by atoms with Crippen molar-refractivity contribution in [1.29, 1.82) is 0 Å². The highest BCUT2D eigenvalue weighted by molar-refractivity contribution is 5.84. The highest BCUT2D eigenvalue weighted by Crippen LogP contribution is 2.40. The number of nitrogens with zero attached hydrogens (tertiary/aromatic N) is 7. The number of carbonyl (C=O) groups is 1. The maximum Gasteiger partial charge on any atom is 0.315 e. The number of aliphatic hydroxyl groups excluding tert-OH is 3. The largest absolute Gasteiger partial charge is 0.392 e. The van der Waals surface area contributed by atoms with Crippen molar-refractivity contribution in [1.82, 2.24) is 45.2 Å². The van der Waals surface area contributed by atoms with Gasteiger partial charge < -0.3 is 46.1 Å². The average Bonchev–Trinajstić information content (AvgIpc) is 4.02. The number of urea groups is 1. The van der Waals surface area contributed by atoms with Gasteiger partial charge in [0.25, 0.3) is 0 Å². The third-order valence-corrected chi connectivity index (χ3v) is 10.6. The van der Waals surface area contributed by atoms with Crippen LogP contribution in [0.15, 0.2) is 79.4 Å². The summed E-state index contributed by atoms with van der Waals surface area (Å²) in [6, 6.07) is 19.5. The van der Waals surface area contributed by atoms with Gasteiger partial charge in [0.1, 0.15) is 12.2 Å². The van der Waals surface area contributed by atoms with Crippen LogP contribution in [-0.4, -0.2) is 108 Å². The van der Waals surface area contributed by atoms with Crippen molar-refractivity contribution in [3.63, 3.8) is 0 Å². The van der Waals surface area contributed by atoms with E-state index in [-0.39, 0.29) is 30.6 Å². The van der Waals surface area contributed by atoms with Crippen molar-refractivity contribution in [2.45, 2.75) is 68.2 Å². The van der Waals surface area contributed by atoms with Crippen molar-refractivity contribution in [2.75, 3.05) is 42.9 Å². The Morgan fingerprint density at radius 1 is 0.942 bits per heavy atom. The Hall–Kier alpha value is -5.09. The van der Waals surface area contributed by atoms with E-state index in [1.54, 1.807) is 23.4 Å². The van der Waals surface area contributed by atoms with Crippen LogP contribution >= 0.6 is 0 Å². The first kappa shape index (κ1) is 34.0. The number of aliphatic hydroxyl groups is 3. The lowest BCUT2D eigenvalue weighted by atomic mass is 9.91. The van der Waals surface area contributed by atoms with Gasteiger partial charge in [0.2, 0.25) is 5.95 Å². The van der Waals surface area contributed by atoms with Gasteiger partial charge in [-0.25, -0.2) is 9.78 Å². The van der Waals surface area contributed by atoms with Gasteiger partial charge in [0, 0.05) is 55.9 Å². The molecule has 3 aromatic heterocycles. The molecule has 3 aliphatic rings. The molecule has 7 N–H and O–H groups in total. The fourth-order valence-corrected chi connectivity index (χ4v) is 7.82. The van der Waals surface area contributed by atoms with Crippen molar-refractivity contribution in [3.8, 4) is 0 Å². The first-order chi connectivity index (χ1) is 25.4.